The van der Waals surface area contributed by atoms with E-state index in [2.05, 4.69) is 13.8 Å². The molecule has 0 saturated carbocycles. The number of hydrogen-bond donors (Lipinski definition) is 0. The van der Waals surface area contributed by atoms with Gasteiger partial charge in [0.25, 0.3) is 0 Å². The predicted octanol–water partition coefficient (Wildman–Crippen LogP) is 6.59. The van der Waals surface area contributed by atoms with Crippen LogP contribution in [-0.4, -0.2) is 19.0 Å². The molecule has 0 spiro atoms. The molecule has 0 aromatic heterocycles. The number of carbonyl (C=O) groups is 1. The van der Waals surface area contributed by atoms with Gasteiger partial charge < -0.3 is 9.47 Å². The summed E-state index contributed by atoms with van der Waals surface area (Å²) in [5.41, 5.74) is 1.43. The lowest BCUT2D eigenvalue weighted by Gasteiger charge is -2.12. The van der Waals surface area contributed by atoms with Crippen LogP contribution in [0.25, 0.3) is 6.08 Å². The summed E-state index contributed by atoms with van der Waals surface area (Å²) in [5, 5.41) is 0.669. The predicted molar refractivity (Wildman–Crippen MR) is 112 cm³/mol. The van der Waals surface area contributed by atoms with Gasteiger partial charge in [0.05, 0.1) is 18.8 Å². The number of allylic oxidation sites excluding steroid dienone is 1. The van der Waals surface area contributed by atoms with E-state index in [0.717, 1.165) is 31.2 Å². The van der Waals surface area contributed by atoms with Crippen LogP contribution in [-0.2, 0) is 0 Å². The van der Waals surface area contributed by atoms with Crippen LogP contribution in [0.4, 0.5) is 0 Å². The van der Waals surface area contributed by atoms with E-state index in [1.165, 1.54) is 0 Å². The van der Waals surface area contributed by atoms with Gasteiger partial charge in [0, 0.05) is 5.02 Å². The van der Waals surface area contributed by atoms with Gasteiger partial charge in [0.15, 0.2) is 5.78 Å². The molecule has 3 nitrogen and oxygen atoms in total. The van der Waals surface area contributed by atoms with Crippen LogP contribution < -0.4 is 9.47 Å². The highest BCUT2D eigenvalue weighted by atomic mass is 35.5. The average Bonchev–Trinajstić information content (AvgIpc) is 2.68. The third-order valence-corrected chi connectivity index (χ3v) is 4.29. The van der Waals surface area contributed by atoms with Gasteiger partial charge in [-0.1, -0.05) is 56.5 Å². The molecule has 0 N–H and O–H groups in total. The summed E-state index contributed by atoms with van der Waals surface area (Å²) in [4.78, 5) is 12.8. The molecule has 0 aliphatic rings. The lowest BCUT2D eigenvalue weighted by molar-refractivity contribution is 0.104. The maximum atomic E-state index is 12.8. The first-order valence-electron chi connectivity index (χ1n) is 9.51. The van der Waals surface area contributed by atoms with Crippen molar-refractivity contribution in [3.8, 4) is 11.5 Å². The fourth-order valence-corrected chi connectivity index (χ4v) is 2.54. The summed E-state index contributed by atoms with van der Waals surface area (Å²) in [6.07, 6.45) is 7.36. The summed E-state index contributed by atoms with van der Waals surface area (Å²) in [5.74, 6) is 1.17. The number of rotatable bonds is 11. The number of halogens is 1. The highest BCUT2D eigenvalue weighted by Crippen LogP contribution is 2.26. The molecule has 0 atom stereocenters. The summed E-state index contributed by atoms with van der Waals surface area (Å²) in [7, 11) is 0. The van der Waals surface area contributed by atoms with Gasteiger partial charge >= 0.3 is 0 Å². The van der Waals surface area contributed by atoms with Crippen LogP contribution in [0.5, 0.6) is 11.5 Å². The molecule has 144 valence electrons. The minimum absolute atomic E-state index is 0.114. The SMILES string of the molecule is CCCCOc1ccc(OCCCC)c(C(=O)/C=C/c2ccc(Cl)cc2)c1. The number of carbonyl (C=O) groups excluding carboxylic acids is 1. The monoisotopic (exact) mass is 386 g/mol. The smallest absolute Gasteiger partial charge is 0.189 e. The highest BCUT2D eigenvalue weighted by molar-refractivity contribution is 6.30. The second-order valence-electron chi connectivity index (χ2n) is 6.31. The van der Waals surface area contributed by atoms with Crippen molar-refractivity contribution >= 4 is 23.5 Å². The number of benzene rings is 2. The van der Waals surface area contributed by atoms with Gasteiger partial charge in [-0.3, -0.25) is 4.79 Å². The van der Waals surface area contributed by atoms with E-state index in [9.17, 15) is 4.79 Å². The second kappa shape index (κ2) is 11.5. The number of ether oxygens (including phenoxy) is 2. The Morgan fingerprint density at radius 2 is 1.63 bits per heavy atom. The van der Waals surface area contributed by atoms with Crippen LogP contribution in [0, 0.1) is 0 Å². The minimum Gasteiger partial charge on any atom is -0.494 e. The van der Waals surface area contributed by atoms with Gasteiger partial charge in [-0.25, -0.2) is 0 Å². The molecule has 0 fully saturated rings. The molecule has 4 heteroatoms. The fraction of sp³-hybridized carbons (Fsp3) is 0.348. The molecule has 0 saturated heterocycles. The number of unbranched alkanes of at least 4 members (excludes halogenated alkanes) is 2. The standard InChI is InChI=1S/C23H27ClO3/c1-3-5-15-26-20-12-14-23(27-16-6-4-2)21(17-20)22(25)13-9-18-7-10-19(24)11-8-18/h7-14,17H,3-6,15-16H2,1-2H3/b13-9+. The Balaban J connectivity index is 2.18. The Morgan fingerprint density at radius 3 is 2.30 bits per heavy atom. The maximum absolute atomic E-state index is 12.8. The summed E-state index contributed by atoms with van der Waals surface area (Å²) in [6.45, 7) is 5.45. The number of ketones is 1. The summed E-state index contributed by atoms with van der Waals surface area (Å²) < 4.78 is 11.6. The van der Waals surface area contributed by atoms with E-state index in [-0.39, 0.29) is 5.78 Å². The molecule has 0 heterocycles. The van der Waals surface area contributed by atoms with Gasteiger partial charge in [-0.2, -0.15) is 0 Å². The topological polar surface area (TPSA) is 35.5 Å². The Labute approximate surface area is 167 Å². The van der Waals surface area contributed by atoms with E-state index in [0.29, 0.717) is 35.3 Å². The van der Waals surface area contributed by atoms with E-state index in [1.807, 2.05) is 24.3 Å². The molecule has 0 bridgehead atoms. The van der Waals surface area contributed by atoms with Crippen LogP contribution in [0.1, 0.15) is 55.5 Å². The van der Waals surface area contributed by atoms with Crippen molar-refractivity contribution in [3.05, 3.63) is 64.7 Å². The first kappa shape index (κ1) is 21.0. The molecule has 2 rings (SSSR count). The normalized spacial score (nSPS) is 10.9. The quantitative estimate of drug-likeness (QED) is 0.248. The molecule has 0 radical (unpaired) electrons. The largest absolute Gasteiger partial charge is 0.494 e. The van der Waals surface area contributed by atoms with Crippen LogP contribution in [0.3, 0.4) is 0 Å². The average molecular weight is 387 g/mol. The van der Waals surface area contributed by atoms with Gasteiger partial charge in [-0.15, -0.1) is 0 Å². The molecule has 0 amide bonds. The van der Waals surface area contributed by atoms with Crippen LogP contribution in [0.15, 0.2) is 48.5 Å². The van der Waals surface area contributed by atoms with Gasteiger partial charge in [0.2, 0.25) is 0 Å². The molecule has 2 aromatic carbocycles. The van der Waals surface area contributed by atoms with E-state index in [4.69, 9.17) is 21.1 Å². The van der Waals surface area contributed by atoms with Crippen molar-refractivity contribution in [2.45, 2.75) is 39.5 Å². The molecule has 0 aliphatic heterocycles. The van der Waals surface area contributed by atoms with Crippen molar-refractivity contribution in [3.63, 3.8) is 0 Å². The molecule has 0 aliphatic carbocycles. The first-order chi connectivity index (χ1) is 13.1. The third kappa shape index (κ3) is 7.10. The molecular formula is C23H27ClO3. The van der Waals surface area contributed by atoms with E-state index >= 15 is 0 Å². The Bertz CT molecular complexity index is 751. The van der Waals surface area contributed by atoms with Crippen molar-refractivity contribution in [1.82, 2.24) is 0 Å². The molecule has 0 unspecified atom stereocenters. The molecule has 2 aromatic rings. The Morgan fingerprint density at radius 1 is 0.963 bits per heavy atom. The van der Waals surface area contributed by atoms with Crippen LogP contribution >= 0.6 is 11.6 Å². The van der Waals surface area contributed by atoms with E-state index in [1.54, 1.807) is 30.4 Å². The lowest BCUT2D eigenvalue weighted by atomic mass is 10.1. The maximum Gasteiger partial charge on any atom is 0.189 e. The van der Waals surface area contributed by atoms with Gasteiger partial charge in [-0.05, 0) is 54.8 Å². The van der Waals surface area contributed by atoms with Crippen molar-refractivity contribution in [2.24, 2.45) is 0 Å². The van der Waals surface area contributed by atoms with E-state index < -0.39 is 0 Å². The first-order valence-corrected chi connectivity index (χ1v) is 9.89. The molecular weight excluding hydrogens is 360 g/mol. The Kier molecular flexibility index (Phi) is 8.93. The summed E-state index contributed by atoms with van der Waals surface area (Å²) >= 11 is 5.90. The van der Waals surface area contributed by atoms with Crippen LogP contribution in [0.2, 0.25) is 5.02 Å². The minimum atomic E-state index is -0.114. The Hall–Kier alpha value is -2.26. The second-order valence-corrected chi connectivity index (χ2v) is 6.75. The third-order valence-electron chi connectivity index (χ3n) is 4.04. The van der Waals surface area contributed by atoms with Crippen molar-refractivity contribution in [2.75, 3.05) is 13.2 Å². The lowest BCUT2D eigenvalue weighted by Crippen LogP contribution is -2.05. The molecule has 27 heavy (non-hydrogen) atoms. The highest BCUT2D eigenvalue weighted by Gasteiger charge is 2.12. The zero-order valence-electron chi connectivity index (χ0n) is 16.0. The zero-order valence-corrected chi connectivity index (χ0v) is 16.8. The van der Waals surface area contributed by atoms with Gasteiger partial charge in [0.1, 0.15) is 11.5 Å². The fourth-order valence-electron chi connectivity index (χ4n) is 2.41. The number of hydrogen-bond acceptors (Lipinski definition) is 3. The summed E-state index contributed by atoms with van der Waals surface area (Å²) in [6, 6.07) is 12.8. The van der Waals surface area contributed by atoms with Crippen molar-refractivity contribution in [1.29, 1.82) is 0 Å². The zero-order chi connectivity index (χ0) is 19.5. The van der Waals surface area contributed by atoms with Crippen molar-refractivity contribution < 1.29 is 14.3 Å².